The molecule has 0 N–H and O–H groups in total. The van der Waals surface area contributed by atoms with Crippen LogP contribution in [-0.4, -0.2) is 17.0 Å². The van der Waals surface area contributed by atoms with E-state index in [1.54, 1.807) is 71.0 Å². The highest BCUT2D eigenvalue weighted by Crippen LogP contribution is 2.53. The molecule has 5 nitrogen and oxygen atoms in total. The van der Waals surface area contributed by atoms with Crippen molar-refractivity contribution < 1.29 is 23.7 Å². The summed E-state index contributed by atoms with van der Waals surface area (Å²) in [6.07, 6.45) is 0. The average molecular weight is 517 g/mol. The lowest BCUT2D eigenvalue weighted by Gasteiger charge is -2.23. The number of esters is 1. The third kappa shape index (κ3) is 5.28. The fourth-order valence-electron chi connectivity index (χ4n) is 4.84. The molecule has 0 saturated heterocycles. The summed E-state index contributed by atoms with van der Waals surface area (Å²) in [5.41, 5.74) is 4.35. The monoisotopic (exact) mass is 516 g/mol. The van der Waals surface area contributed by atoms with Crippen LogP contribution < -0.4 is 5.30 Å². The van der Waals surface area contributed by atoms with Crippen molar-refractivity contribution in [3.05, 3.63) is 111 Å². The average Bonchev–Trinajstić information content (AvgIpc) is 2.82. The second kappa shape index (κ2) is 10.8. The van der Waals surface area contributed by atoms with E-state index in [0.29, 0.717) is 33.4 Å². The summed E-state index contributed by atoms with van der Waals surface area (Å²) in [5, 5.41) is 0.194. The first-order valence-electron chi connectivity index (χ1n) is 12.1. The van der Waals surface area contributed by atoms with Crippen molar-refractivity contribution >= 4 is 29.5 Å². The molecule has 0 bridgehead atoms. The molecular formula is C31H33O5P. The van der Waals surface area contributed by atoms with Crippen molar-refractivity contribution in [1.29, 1.82) is 0 Å². The maximum Gasteiger partial charge on any atom is 0.333 e. The highest BCUT2D eigenvalue weighted by molar-refractivity contribution is 8.01. The van der Waals surface area contributed by atoms with Crippen molar-refractivity contribution in [3.8, 4) is 0 Å². The molecule has 0 saturated carbocycles. The Morgan fingerprint density at radius 3 is 1.84 bits per heavy atom. The normalized spacial score (nSPS) is 12.5. The summed E-state index contributed by atoms with van der Waals surface area (Å²) in [6.45, 7) is 16.0. The predicted octanol–water partition coefficient (Wildman–Crippen LogP) is 6.83. The summed E-state index contributed by atoms with van der Waals surface area (Å²) in [6, 6.07) is 13.8. The number of benzene rings is 3. The predicted molar refractivity (Wildman–Crippen MR) is 148 cm³/mol. The SMILES string of the molecule is C=C(C)C(=O)OCc1c(C)cc(C)c(C(=O)P(=O)(C(=O)c2c(C)cc(C)cc2C)c2ccccc2)c1C. The van der Waals surface area contributed by atoms with Gasteiger partial charge >= 0.3 is 5.97 Å². The second-order valence-electron chi connectivity index (χ2n) is 9.67. The van der Waals surface area contributed by atoms with E-state index >= 15 is 0 Å². The zero-order chi connectivity index (χ0) is 27.7. The van der Waals surface area contributed by atoms with Crippen molar-refractivity contribution in [2.75, 3.05) is 0 Å². The Morgan fingerprint density at radius 1 is 0.784 bits per heavy atom. The van der Waals surface area contributed by atoms with Crippen LogP contribution in [0.5, 0.6) is 0 Å². The standard InChI is InChI=1S/C31H33O5P/c1-18(2)29(32)36-17-26-20(4)16-23(7)28(24(26)8)31(34)37(35,25-12-10-9-11-13-25)30(33)27-21(5)14-19(3)15-22(27)6/h9-16H,1,17H2,2-8H3. The van der Waals surface area contributed by atoms with Gasteiger partial charge in [-0.05, 0) is 81.8 Å². The number of rotatable bonds is 8. The Bertz CT molecular complexity index is 1460. The van der Waals surface area contributed by atoms with Crippen molar-refractivity contribution in [2.45, 2.75) is 55.1 Å². The third-order valence-electron chi connectivity index (χ3n) is 6.62. The van der Waals surface area contributed by atoms with Gasteiger partial charge in [-0.2, -0.15) is 0 Å². The maximum atomic E-state index is 14.9. The van der Waals surface area contributed by atoms with Gasteiger partial charge in [0.2, 0.25) is 18.2 Å². The van der Waals surface area contributed by atoms with E-state index in [1.165, 1.54) is 0 Å². The van der Waals surface area contributed by atoms with Crippen LogP contribution in [0.1, 0.15) is 66.6 Å². The highest BCUT2D eigenvalue weighted by Gasteiger charge is 2.45. The van der Waals surface area contributed by atoms with Crippen LogP contribution >= 0.6 is 7.14 Å². The maximum absolute atomic E-state index is 14.9. The largest absolute Gasteiger partial charge is 0.457 e. The summed E-state index contributed by atoms with van der Waals surface area (Å²) in [5.74, 6) is -0.539. The summed E-state index contributed by atoms with van der Waals surface area (Å²) in [7, 11) is -4.31. The summed E-state index contributed by atoms with van der Waals surface area (Å²) < 4.78 is 20.2. The molecule has 0 heterocycles. The molecule has 0 amide bonds. The Hall–Kier alpha value is -3.56. The molecule has 6 heteroatoms. The van der Waals surface area contributed by atoms with E-state index in [1.807, 2.05) is 26.0 Å². The molecule has 0 fully saturated rings. The molecule has 0 spiro atoms. The quantitative estimate of drug-likeness (QED) is 0.186. The van der Waals surface area contributed by atoms with Gasteiger partial charge in [-0.1, -0.05) is 60.7 Å². The van der Waals surface area contributed by atoms with Gasteiger partial charge in [-0.25, -0.2) is 4.79 Å². The fourth-order valence-corrected chi connectivity index (χ4v) is 7.41. The van der Waals surface area contributed by atoms with E-state index in [-0.39, 0.29) is 23.0 Å². The smallest absolute Gasteiger partial charge is 0.333 e. The second-order valence-corrected chi connectivity index (χ2v) is 12.2. The van der Waals surface area contributed by atoms with Gasteiger partial charge in [-0.3, -0.25) is 9.59 Å². The Morgan fingerprint density at radius 2 is 1.30 bits per heavy atom. The fraction of sp³-hybridized carbons (Fsp3) is 0.258. The minimum absolute atomic E-state index is 0.0658. The van der Waals surface area contributed by atoms with E-state index in [9.17, 15) is 18.9 Å². The van der Waals surface area contributed by atoms with Gasteiger partial charge in [0.1, 0.15) is 6.61 Å². The van der Waals surface area contributed by atoms with Crippen LogP contribution in [0.3, 0.4) is 0 Å². The van der Waals surface area contributed by atoms with Gasteiger partial charge in [-0.15, -0.1) is 0 Å². The summed E-state index contributed by atoms with van der Waals surface area (Å²) >= 11 is 0. The number of aryl methyl sites for hydroxylation is 5. The molecule has 1 unspecified atom stereocenters. The van der Waals surface area contributed by atoms with Crippen LogP contribution in [-0.2, 0) is 20.7 Å². The zero-order valence-corrected chi connectivity index (χ0v) is 23.4. The van der Waals surface area contributed by atoms with E-state index in [2.05, 4.69) is 6.58 Å². The van der Waals surface area contributed by atoms with Gasteiger partial charge in [0, 0.05) is 22.0 Å². The summed E-state index contributed by atoms with van der Waals surface area (Å²) in [4.78, 5) is 40.5. The minimum Gasteiger partial charge on any atom is -0.457 e. The van der Waals surface area contributed by atoms with Crippen molar-refractivity contribution in [2.24, 2.45) is 0 Å². The molecule has 0 aromatic heterocycles. The molecular weight excluding hydrogens is 483 g/mol. The first-order chi connectivity index (χ1) is 17.3. The van der Waals surface area contributed by atoms with Crippen molar-refractivity contribution in [3.63, 3.8) is 0 Å². The molecule has 0 radical (unpaired) electrons. The van der Waals surface area contributed by atoms with Crippen LogP contribution in [0.25, 0.3) is 0 Å². The lowest BCUT2D eigenvalue weighted by molar-refractivity contribution is -0.140. The minimum atomic E-state index is -4.31. The zero-order valence-electron chi connectivity index (χ0n) is 22.5. The van der Waals surface area contributed by atoms with Gasteiger partial charge in [0.25, 0.3) is 0 Å². The molecule has 1 atom stereocenters. The topological polar surface area (TPSA) is 77.5 Å². The number of ether oxygens (including phenoxy) is 1. The first kappa shape index (κ1) is 28.0. The van der Waals surface area contributed by atoms with E-state index in [4.69, 9.17) is 4.74 Å². The molecule has 0 aliphatic rings. The Kier molecular flexibility index (Phi) is 8.19. The highest BCUT2D eigenvalue weighted by atomic mass is 31.2. The number of carbonyl (C=O) groups excluding carboxylic acids is 3. The number of carbonyl (C=O) groups is 3. The lowest BCUT2D eigenvalue weighted by atomic mass is 9.94. The first-order valence-corrected chi connectivity index (χ1v) is 13.8. The number of hydrogen-bond donors (Lipinski definition) is 0. The third-order valence-corrected chi connectivity index (χ3v) is 9.24. The van der Waals surface area contributed by atoms with Crippen LogP contribution in [0.2, 0.25) is 0 Å². The molecule has 0 aliphatic heterocycles. The van der Waals surface area contributed by atoms with E-state index in [0.717, 1.165) is 11.1 Å². The molecule has 3 rings (SSSR count). The molecule has 0 aliphatic carbocycles. The lowest BCUT2D eigenvalue weighted by Crippen LogP contribution is -2.23. The van der Waals surface area contributed by atoms with Crippen LogP contribution in [0.15, 0.2) is 60.7 Å². The Balaban J connectivity index is 2.25. The van der Waals surface area contributed by atoms with Gasteiger partial charge in [0.05, 0.1) is 0 Å². The number of hydrogen-bond acceptors (Lipinski definition) is 5. The van der Waals surface area contributed by atoms with Crippen LogP contribution in [0.4, 0.5) is 0 Å². The molecule has 192 valence electrons. The van der Waals surface area contributed by atoms with Gasteiger partial charge < -0.3 is 9.30 Å². The van der Waals surface area contributed by atoms with Crippen molar-refractivity contribution in [1.82, 2.24) is 0 Å². The van der Waals surface area contributed by atoms with E-state index < -0.39 is 24.2 Å². The Labute approximate surface area is 218 Å². The molecule has 3 aromatic rings. The molecule has 3 aromatic carbocycles. The molecule has 37 heavy (non-hydrogen) atoms. The van der Waals surface area contributed by atoms with Crippen LogP contribution in [0, 0.1) is 41.5 Å². The van der Waals surface area contributed by atoms with Gasteiger partial charge in [0.15, 0.2) is 0 Å².